The van der Waals surface area contributed by atoms with Crippen LogP contribution < -0.4 is 5.32 Å². The molecule has 2 aromatic carbocycles. The van der Waals surface area contributed by atoms with Gasteiger partial charge in [0, 0.05) is 6.54 Å². The van der Waals surface area contributed by atoms with E-state index in [1.807, 2.05) is 0 Å². The summed E-state index contributed by atoms with van der Waals surface area (Å²) in [6.07, 6.45) is -6.18. The maximum atomic E-state index is 13.4. The number of amides is 1. The Morgan fingerprint density at radius 2 is 1.70 bits per heavy atom. The van der Waals surface area contributed by atoms with Gasteiger partial charge in [-0.3, -0.25) is 4.79 Å². The highest BCUT2D eigenvalue weighted by Gasteiger charge is 2.34. The van der Waals surface area contributed by atoms with Gasteiger partial charge in [-0.15, -0.1) is 0 Å². The van der Waals surface area contributed by atoms with Gasteiger partial charge in [0.15, 0.2) is 0 Å². The fraction of sp³-hybridized carbons (Fsp3) is 0.188. The fourth-order valence-electron chi connectivity index (χ4n) is 2.09. The summed E-state index contributed by atoms with van der Waals surface area (Å²) in [5.41, 5.74) is -1.58. The Bertz CT molecular complexity index is 700. The molecule has 0 aliphatic heterocycles. The molecule has 0 aliphatic rings. The third-order valence-electron chi connectivity index (χ3n) is 3.20. The molecule has 1 atom stereocenters. The predicted molar refractivity (Wildman–Crippen MR) is 75.1 cm³/mol. The van der Waals surface area contributed by atoms with Crippen molar-refractivity contribution in [3.8, 4) is 0 Å². The van der Waals surface area contributed by atoms with Crippen molar-refractivity contribution in [3.63, 3.8) is 0 Å². The van der Waals surface area contributed by atoms with Crippen LogP contribution in [-0.2, 0) is 6.18 Å². The van der Waals surface area contributed by atoms with Gasteiger partial charge in [0.25, 0.3) is 5.91 Å². The second kappa shape index (κ2) is 6.78. The lowest BCUT2D eigenvalue weighted by atomic mass is 10.0. The molecule has 0 aliphatic carbocycles. The third-order valence-corrected chi connectivity index (χ3v) is 3.20. The normalized spacial score (nSPS) is 12.7. The number of rotatable bonds is 4. The van der Waals surface area contributed by atoms with Crippen LogP contribution in [0.4, 0.5) is 17.6 Å². The largest absolute Gasteiger partial charge is 0.416 e. The smallest absolute Gasteiger partial charge is 0.387 e. The first-order valence-electron chi connectivity index (χ1n) is 6.67. The average molecular weight is 327 g/mol. The predicted octanol–water partition coefficient (Wildman–Crippen LogP) is 3.31. The average Bonchev–Trinajstić information content (AvgIpc) is 2.52. The molecule has 0 bridgehead atoms. The lowest BCUT2D eigenvalue weighted by molar-refractivity contribution is -0.139. The van der Waals surface area contributed by atoms with Crippen LogP contribution in [0.3, 0.4) is 0 Å². The maximum absolute atomic E-state index is 13.4. The van der Waals surface area contributed by atoms with Crippen molar-refractivity contribution < 1.29 is 27.5 Å². The quantitative estimate of drug-likeness (QED) is 0.847. The summed E-state index contributed by atoms with van der Waals surface area (Å²) in [6.45, 7) is -0.472. The molecule has 0 spiro atoms. The molecule has 23 heavy (non-hydrogen) atoms. The Kier molecular flexibility index (Phi) is 5.00. The van der Waals surface area contributed by atoms with E-state index in [0.29, 0.717) is 0 Å². The Morgan fingerprint density at radius 1 is 1.09 bits per heavy atom. The SMILES string of the molecule is O=C(NC[C@H](O)c1ccccc1C(F)(F)F)c1ccccc1F. The number of benzene rings is 2. The number of carbonyl (C=O) groups is 1. The van der Waals surface area contributed by atoms with Crippen LogP contribution in [0.15, 0.2) is 48.5 Å². The number of hydrogen-bond acceptors (Lipinski definition) is 2. The first kappa shape index (κ1) is 17.0. The molecule has 0 fully saturated rings. The van der Waals surface area contributed by atoms with E-state index < -0.39 is 36.1 Å². The molecule has 0 aromatic heterocycles. The molecule has 2 aromatic rings. The van der Waals surface area contributed by atoms with E-state index in [-0.39, 0.29) is 11.1 Å². The highest BCUT2D eigenvalue weighted by atomic mass is 19.4. The fourth-order valence-corrected chi connectivity index (χ4v) is 2.09. The van der Waals surface area contributed by atoms with Gasteiger partial charge in [0.05, 0.1) is 17.2 Å². The van der Waals surface area contributed by atoms with Crippen LogP contribution >= 0.6 is 0 Å². The van der Waals surface area contributed by atoms with Gasteiger partial charge >= 0.3 is 6.18 Å². The Hall–Kier alpha value is -2.41. The summed E-state index contributed by atoms with van der Waals surface area (Å²) in [6, 6.07) is 9.71. The molecule has 2 rings (SSSR count). The molecule has 7 heteroatoms. The molecular weight excluding hydrogens is 314 g/mol. The van der Waals surface area contributed by atoms with E-state index in [2.05, 4.69) is 5.32 Å². The number of alkyl halides is 3. The third kappa shape index (κ3) is 4.07. The van der Waals surface area contributed by atoms with E-state index in [0.717, 1.165) is 18.2 Å². The van der Waals surface area contributed by atoms with Gasteiger partial charge in [0.1, 0.15) is 5.82 Å². The van der Waals surface area contributed by atoms with Crippen molar-refractivity contribution in [3.05, 3.63) is 71.0 Å². The number of nitrogens with one attached hydrogen (secondary N) is 1. The zero-order valence-electron chi connectivity index (χ0n) is 11.8. The summed E-state index contributed by atoms with van der Waals surface area (Å²) in [4.78, 5) is 11.8. The molecule has 0 unspecified atom stereocenters. The van der Waals surface area contributed by atoms with Crippen molar-refractivity contribution in [1.29, 1.82) is 0 Å². The molecule has 2 N–H and O–H groups in total. The van der Waals surface area contributed by atoms with Crippen molar-refractivity contribution >= 4 is 5.91 Å². The highest BCUT2D eigenvalue weighted by molar-refractivity contribution is 5.94. The van der Waals surface area contributed by atoms with Gasteiger partial charge in [-0.2, -0.15) is 13.2 Å². The number of halogens is 4. The van der Waals surface area contributed by atoms with Crippen molar-refractivity contribution in [2.75, 3.05) is 6.54 Å². The van der Waals surface area contributed by atoms with Crippen molar-refractivity contribution in [1.82, 2.24) is 5.32 Å². The lowest BCUT2D eigenvalue weighted by Gasteiger charge is -2.18. The second-order valence-electron chi connectivity index (χ2n) is 4.79. The Balaban J connectivity index is 2.11. The van der Waals surface area contributed by atoms with E-state index >= 15 is 0 Å². The van der Waals surface area contributed by atoms with Gasteiger partial charge in [-0.1, -0.05) is 30.3 Å². The minimum Gasteiger partial charge on any atom is -0.387 e. The van der Waals surface area contributed by atoms with Gasteiger partial charge in [-0.25, -0.2) is 4.39 Å². The molecule has 3 nitrogen and oxygen atoms in total. The summed E-state index contributed by atoms with van der Waals surface area (Å²) in [5, 5.41) is 12.1. The van der Waals surface area contributed by atoms with Crippen LogP contribution in [-0.4, -0.2) is 17.6 Å². The van der Waals surface area contributed by atoms with Crippen LogP contribution in [0.5, 0.6) is 0 Å². The monoisotopic (exact) mass is 327 g/mol. The van der Waals surface area contributed by atoms with E-state index in [1.54, 1.807) is 0 Å². The number of hydrogen-bond donors (Lipinski definition) is 2. The summed E-state index contributed by atoms with van der Waals surface area (Å²) in [5.74, 6) is -1.57. The lowest BCUT2D eigenvalue weighted by Crippen LogP contribution is -2.29. The zero-order valence-corrected chi connectivity index (χ0v) is 11.8. The van der Waals surface area contributed by atoms with Gasteiger partial charge in [0.2, 0.25) is 0 Å². The topological polar surface area (TPSA) is 49.3 Å². The first-order valence-corrected chi connectivity index (χ1v) is 6.67. The van der Waals surface area contributed by atoms with Gasteiger partial charge in [-0.05, 0) is 23.8 Å². The first-order chi connectivity index (χ1) is 10.8. The maximum Gasteiger partial charge on any atom is 0.416 e. The van der Waals surface area contributed by atoms with Gasteiger partial charge < -0.3 is 10.4 Å². The minimum atomic E-state index is -4.62. The zero-order chi connectivity index (χ0) is 17.0. The molecule has 1 amide bonds. The number of aliphatic hydroxyl groups excluding tert-OH is 1. The molecular formula is C16H13F4NO2. The van der Waals surface area contributed by atoms with Crippen molar-refractivity contribution in [2.45, 2.75) is 12.3 Å². The molecule has 0 saturated carbocycles. The molecule has 0 saturated heterocycles. The van der Waals surface area contributed by atoms with E-state index in [4.69, 9.17) is 0 Å². The summed E-state index contributed by atoms with van der Waals surface area (Å²) < 4.78 is 52.1. The Labute approximate surface area is 129 Å². The minimum absolute atomic E-state index is 0.246. The van der Waals surface area contributed by atoms with E-state index in [9.17, 15) is 27.5 Å². The van der Waals surface area contributed by atoms with Crippen molar-refractivity contribution in [2.24, 2.45) is 0 Å². The summed E-state index contributed by atoms with van der Waals surface area (Å²) >= 11 is 0. The number of carbonyl (C=O) groups excluding carboxylic acids is 1. The number of aliphatic hydroxyl groups is 1. The molecule has 122 valence electrons. The Morgan fingerprint density at radius 3 is 2.35 bits per heavy atom. The van der Waals surface area contributed by atoms with Crippen LogP contribution in [0.1, 0.15) is 27.6 Å². The molecule has 0 radical (unpaired) electrons. The highest BCUT2D eigenvalue weighted by Crippen LogP contribution is 2.34. The van der Waals surface area contributed by atoms with Crippen LogP contribution in [0, 0.1) is 5.82 Å². The van der Waals surface area contributed by atoms with Crippen LogP contribution in [0.2, 0.25) is 0 Å². The summed E-state index contributed by atoms with van der Waals surface area (Å²) in [7, 11) is 0. The van der Waals surface area contributed by atoms with E-state index in [1.165, 1.54) is 30.3 Å². The van der Waals surface area contributed by atoms with Crippen LogP contribution in [0.25, 0.3) is 0 Å². The second-order valence-corrected chi connectivity index (χ2v) is 4.79. The standard InChI is InChI=1S/C16H13F4NO2/c17-13-8-4-2-6-11(13)15(23)21-9-14(22)10-5-1-3-7-12(10)16(18,19)20/h1-8,14,22H,9H2,(H,21,23)/t14-/m0/s1. The molecule has 0 heterocycles.